The fourth-order valence-electron chi connectivity index (χ4n) is 5.58. The summed E-state index contributed by atoms with van der Waals surface area (Å²) in [6, 6.07) is 17.7. The Labute approximate surface area is 337 Å². The molecule has 0 saturated carbocycles. The maximum atomic E-state index is 14.3. The summed E-state index contributed by atoms with van der Waals surface area (Å²) in [6.07, 6.45) is -4.70. The number of fused-ring (bicyclic) bond motifs is 3. The van der Waals surface area contributed by atoms with Crippen LogP contribution in [0.15, 0.2) is 59.6 Å². The van der Waals surface area contributed by atoms with Crippen LogP contribution in [0.3, 0.4) is 0 Å². The predicted molar refractivity (Wildman–Crippen MR) is 223 cm³/mol. The first-order valence-corrected chi connectivity index (χ1v) is 19.7. The average Bonchev–Trinajstić information content (AvgIpc) is 3.36. The number of benzene rings is 3. The Morgan fingerprint density at radius 1 is 0.649 bits per heavy atom. The minimum atomic E-state index is -1.25. The van der Waals surface area contributed by atoms with Crippen molar-refractivity contribution >= 4 is 61.0 Å². The van der Waals surface area contributed by atoms with Crippen molar-refractivity contribution in [2.75, 3.05) is 14.2 Å². The van der Waals surface area contributed by atoms with E-state index in [1.54, 1.807) is 103 Å². The van der Waals surface area contributed by atoms with E-state index < -0.39 is 63.2 Å². The summed E-state index contributed by atoms with van der Waals surface area (Å²) in [5.74, 6) is 0.566. The third-order valence-corrected chi connectivity index (χ3v) is 9.95. The molecule has 4 aromatic rings. The van der Waals surface area contributed by atoms with Gasteiger partial charge in [0.1, 0.15) is 28.2 Å². The molecule has 13 nitrogen and oxygen atoms in total. The summed E-state index contributed by atoms with van der Waals surface area (Å²) in [5, 5.41) is 2.02. The van der Waals surface area contributed by atoms with Gasteiger partial charge in [-0.2, -0.15) is 0 Å². The number of hydrogen-bond acceptors (Lipinski definition) is 10. The fraction of sp³-hybridized carbons (Fsp3) is 0.465. The van der Waals surface area contributed by atoms with Gasteiger partial charge < -0.3 is 28.4 Å². The molecule has 0 N–H and O–H groups in total. The third kappa shape index (κ3) is 11.6. The number of rotatable bonds is 5. The molecule has 1 atom stereocenters. The van der Waals surface area contributed by atoms with Gasteiger partial charge in [-0.25, -0.2) is 24.1 Å². The van der Waals surface area contributed by atoms with Gasteiger partial charge in [0.2, 0.25) is 10.7 Å². The van der Waals surface area contributed by atoms with Crippen molar-refractivity contribution < 1.29 is 47.6 Å². The Hall–Kier alpha value is -5.37. The molecular formula is C43H56N3O10S+. The second-order valence-electron chi connectivity index (χ2n) is 17.4. The Morgan fingerprint density at radius 3 is 1.74 bits per heavy atom. The molecule has 1 unspecified atom stereocenters. The number of nitrogens with zero attached hydrogens (tertiary/aromatic N) is 3. The van der Waals surface area contributed by atoms with Gasteiger partial charge in [0, 0.05) is 28.0 Å². The lowest BCUT2D eigenvalue weighted by molar-refractivity contribution is 0.0103. The third-order valence-electron chi connectivity index (χ3n) is 7.60. The number of carbonyl (C=O) groups excluding carboxylic acids is 4. The number of aliphatic imine (C=N–C) groups is 1. The second kappa shape index (κ2) is 16.6. The zero-order chi connectivity index (χ0) is 42.8. The van der Waals surface area contributed by atoms with Crippen LogP contribution in [-0.2, 0) is 25.5 Å². The van der Waals surface area contributed by atoms with Crippen molar-refractivity contribution in [3.05, 3.63) is 65.7 Å². The predicted octanol–water partition coefficient (Wildman–Crippen LogP) is 11.3. The first kappa shape index (κ1) is 44.3. The molecule has 1 aromatic heterocycles. The highest BCUT2D eigenvalue weighted by Gasteiger charge is 2.42. The molecule has 4 rings (SSSR count). The zero-order valence-corrected chi connectivity index (χ0v) is 36.6. The Balaban J connectivity index is 2.02. The van der Waals surface area contributed by atoms with Crippen LogP contribution in [0.2, 0.25) is 0 Å². The summed E-state index contributed by atoms with van der Waals surface area (Å²) in [6.45, 7) is 21.2. The molecule has 0 aliphatic heterocycles. The summed E-state index contributed by atoms with van der Waals surface area (Å²) in [7, 11) is 2.55. The van der Waals surface area contributed by atoms with Gasteiger partial charge in [-0.15, -0.1) is 9.89 Å². The molecule has 3 aromatic carbocycles. The van der Waals surface area contributed by atoms with Crippen LogP contribution in [0.5, 0.6) is 11.5 Å². The molecule has 57 heavy (non-hydrogen) atoms. The van der Waals surface area contributed by atoms with E-state index in [1.807, 2.05) is 37.3 Å². The zero-order valence-electron chi connectivity index (χ0n) is 35.7. The molecule has 0 aliphatic carbocycles. The summed E-state index contributed by atoms with van der Waals surface area (Å²) in [5.41, 5.74) is -2.67. The summed E-state index contributed by atoms with van der Waals surface area (Å²) in [4.78, 5) is 62.2. The molecule has 0 aliphatic rings. The maximum Gasteiger partial charge on any atom is 0.437 e. The smallest absolute Gasteiger partial charge is 0.437 e. The van der Waals surface area contributed by atoms with Crippen LogP contribution in [0.25, 0.3) is 25.1 Å². The number of amides is 4. The first-order valence-electron chi connectivity index (χ1n) is 18.5. The van der Waals surface area contributed by atoms with Crippen LogP contribution in [-0.4, -0.2) is 76.8 Å². The Bertz CT molecular complexity index is 2170. The molecule has 0 radical (unpaired) electrons. The average molecular weight is 807 g/mol. The summed E-state index contributed by atoms with van der Waals surface area (Å²) < 4.78 is 36.2. The summed E-state index contributed by atoms with van der Waals surface area (Å²) >= 11 is 0. The second-order valence-corrected chi connectivity index (χ2v) is 19.3. The van der Waals surface area contributed by atoms with E-state index in [0.717, 1.165) is 35.5 Å². The highest BCUT2D eigenvalue weighted by atomic mass is 32.2. The lowest BCUT2D eigenvalue weighted by atomic mass is 10.1. The topological polar surface area (TPSA) is 142 Å². The molecular weight excluding hydrogens is 751 g/mol. The molecule has 0 saturated heterocycles. The van der Waals surface area contributed by atoms with Crippen molar-refractivity contribution in [3.63, 3.8) is 0 Å². The van der Waals surface area contributed by atoms with Gasteiger partial charge in [0.25, 0.3) is 0 Å². The molecule has 0 fully saturated rings. The van der Waals surface area contributed by atoms with Crippen molar-refractivity contribution in [1.82, 2.24) is 9.80 Å². The van der Waals surface area contributed by atoms with Gasteiger partial charge in [-0.3, -0.25) is 0 Å². The fourth-order valence-corrected chi connectivity index (χ4v) is 8.10. The molecule has 308 valence electrons. The van der Waals surface area contributed by atoms with Gasteiger partial charge in [0.05, 0.1) is 26.2 Å². The van der Waals surface area contributed by atoms with Gasteiger partial charge in [-0.1, -0.05) is 23.8 Å². The highest BCUT2D eigenvalue weighted by molar-refractivity contribution is 7.50. The van der Waals surface area contributed by atoms with E-state index in [0.29, 0.717) is 22.0 Å². The van der Waals surface area contributed by atoms with E-state index in [2.05, 4.69) is 23.2 Å². The van der Waals surface area contributed by atoms with E-state index in [1.165, 1.54) is 0 Å². The van der Waals surface area contributed by atoms with Crippen molar-refractivity contribution in [1.29, 1.82) is 0 Å². The van der Waals surface area contributed by atoms with E-state index in [9.17, 15) is 19.2 Å². The molecule has 0 bridgehead atoms. The molecule has 4 amide bonds. The Morgan fingerprint density at radius 2 is 1.21 bits per heavy atom. The van der Waals surface area contributed by atoms with Crippen LogP contribution in [0, 0.1) is 6.92 Å². The monoisotopic (exact) mass is 806 g/mol. The van der Waals surface area contributed by atoms with Crippen molar-refractivity contribution in [2.45, 2.75) is 119 Å². The molecule has 1 heterocycles. The SMILES string of the molecule is COc1cc(OC)c2c(c1)c1cc(C)ccc1[s+]2-c1cccc(CN(C(=O)OC(C)(C)C)C(=NC(=O)OC(C)(C)C)N(C(=O)OC(C)(C)C)C(=O)OC(C)(C)C)c1. The number of imide groups is 1. The van der Waals surface area contributed by atoms with Gasteiger partial charge in [-0.05, 0) is 120 Å². The number of aryl methyl sites for hydroxylation is 1. The number of hydrogen-bond donors (Lipinski definition) is 0. The quantitative estimate of drug-likeness (QED) is 0.0827. The highest BCUT2D eigenvalue weighted by Crippen LogP contribution is 2.53. The van der Waals surface area contributed by atoms with Crippen LogP contribution in [0.1, 0.15) is 94.2 Å². The van der Waals surface area contributed by atoms with Crippen LogP contribution in [0.4, 0.5) is 19.2 Å². The maximum absolute atomic E-state index is 14.3. The van der Waals surface area contributed by atoms with E-state index in [-0.39, 0.29) is 6.54 Å². The van der Waals surface area contributed by atoms with Gasteiger partial charge >= 0.3 is 24.4 Å². The number of thiophene rings is 1. The van der Waals surface area contributed by atoms with Crippen molar-refractivity contribution in [3.8, 4) is 16.4 Å². The number of carbonyl (C=O) groups is 4. The molecule has 0 spiro atoms. The normalized spacial score (nSPS) is 12.9. The number of ether oxygens (including phenoxy) is 6. The lowest BCUT2D eigenvalue weighted by Crippen LogP contribution is -2.55. The Kier molecular flexibility index (Phi) is 12.9. The van der Waals surface area contributed by atoms with Crippen LogP contribution >= 0.6 is 10.5 Å². The standard InChI is InChI=1S/C43H56N3O10S/c1-26-19-20-33-30(21-26)31-23-28(51-14)24-32(52-15)34(31)57(33)29-18-16-17-27(22-29)25-45(37(48)54-41(5,6)7)35(44-36(47)53-40(2,3)4)46(38(49)55-42(8,9)10)39(50)56-43(11,12)13/h16-24H,25H2,1-15H3/q+1. The van der Waals surface area contributed by atoms with Crippen molar-refractivity contribution in [2.24, 2.45) is 4.99 Å². The van der Waals surface area contributed by atoms with Gasteiger partial charge in [0.15, 0.2) is 15.3 Å². The minimum absolute atomic E-state index is 0.322. The largest absolute Gasteiger partial charge is 0.497 e. The van der Waals surface area contributed by atoms with E-state index >= 15 is 0 Å². The molecule has 14 heteroatoms. The van der Waals surface area contributed by atoms with Crippen LogP contribution < -0.4 is 9.47 Å². The minimum Gasteiger partial charge on any atom is -0.497 e. The van der Waals surface area contributed by atoms with E-state index in [4.69, 9.17) is 28.4 Å². The number of methoxy groups -OCH3 is 2. The number of guanidine groups is 1. The lowest BCUT2D eigenvalue weighted by Gasteiger charge is -2.33. The first-order chi connectivity index (χ1) is 26.2.